The van der Waals surface area contributed by atoms with E-state index in [-0.39, 0.29) is 6.54 Å². The van der Waals surface area contributed by atoms with Crippen LogP contribution in [0.15, 0.2) is 42.5 Å². The number of carbonyl (C=O) groups is 1. The van der Waals surface area contributed by atoms with Crippen molar-refractivity contribution >= 4 is 6.09 Å². The number of carbonyl (C=O) groups excluding carboxylic acids is 1. The number of hydrogen-bond acceptors (Lipinski definition) is 6. The first-order valence-electron chi connectivity index (χ1n) is 9.43. The first kappa shape index (κ1) is 20.5. The van der Waals surface area contributed by atoms with Crippen molar-refractivity contribution in [2.24, 2.45) is 0 Å². The van der Waals surface area contributed by atoms with Crippen LogP contribution in [0.1, 0.15) is 32.2 Å². The molecule has 0 fully saturated rings. The summed E-state index contributed by atoms with van der Waals surface area (Å²) in [4.78, 5) is 12.2. The summed E-state index contributed by atoms with van der Waals surface area (Å²) in [5.41, 5.74) is 2.66. The topological polar surface area (TPSA) is 102 Å². The van der Waals surface area contributed by atoms with E-state index in [1.807, 2.05) is 44.2 Å². The van der Waals surface area contributed by atoms with E-state index in [0.29, 0.717) is 23.7 Å². The number of ether oxygens (including phenoxy) is 1. The maximum Gasteiger partial charge on any atom is 0.412 e. The van der Waals surface area contributed by atoms with Crippen LogP contribution < -0.4 is 10.1 Å². The lowest BCUT2D eigenvalue weighted by Gasteiger charge is -2.17. The van der Waals surface area contributed by atoms with Gasteiger partial charge in [-0.1, -0.05) is 36.8 Å². The molecule has 0 radical (unpaired) electrons. The molecule has 0 aliphatic rings. The van der Waals surface area contributed by atoms with Crippen LogP contribution in [0.4, 0.5) is 4.79 Å². The Bertz CT molecular complexity index is 990. The average molecular weight is 395 g/mol. The summed E-state index contributed by atoms with van der Waals surface area (Å²) >= 11 is 0. The van der Waals surface area contributed by atoms with Gasteiger partial charge < -0.3 is 15.2 Å². The lowest BCUT2D eigenvalue weighted by molar-refractivity contribution is 0.0791. The second-order valence-corrected chi connectivity index (χ2v) is 7.50. The van der Waals surface area contributed by atoms with Crippen molar-refractivity contribution in [1.82, 2.24) is 25.5 Å². The van der Waals surface area contributed by atoms with E-state index < -0.39 is 11.7 Å². The van der Waals surface area contributed by atoms with Crippen LogP contribution in [0.5, 0.6) is 5.75 Å². The number of aromatic nitrogens is 4. The van der Waals surface area contributed by atoms with Gasteiger partial charge in [0, 0.05) is 19.0 Å². The fraction of sp³-hybridized carbons (Fsp3) is 0.333. The van der Waals surface area contributed by atoms with Crippen LogP contribution in [-0.4, -0.2) is 43.6 Å². The number of rotatable bonds is 6. The van der Waals surface area contributed by atoms with Crippen molar-refractivity contribution in [2.75, 3.05) is 6.54 Å². The number of benzene rings is 2. The van der Waals surface area contributed by atoms with Crippen molar-refractivity contribution in [3.63, 3.8) is 0 Å². The van der Waals surface area contributed by atoms with Crippen molar-refractivity contribution in [3.8, 4) is 22.6 Å². The number of nitrogens with zero attached hydrogens (tertiary/aromatic N) is 4. The smallest absolute Gasteiger partial charge is 0.410 e. The van der Waals surface area contributed by atoms with Crippen molar-refractivity contribution in [2.45, 2.75) is 39.7 Å². The summed E-state index contributed by atoms with van der Waals surface area (Å²) in [5, 5.41) is 24.2. The maximum atomic E-state index is 12.2. The van der Waals surface area contributed by atoms with Crippen LogP contribution in [0.25, 0.3) is 16.8 Å². The molecule has 0 aliphatic heterocycles. The number of amides is 1. The Labute approximate surface area is 169 Å². The summed E-state index contributed by atoms with van der Waals surface area (Å²) < 4.78 is 7.09. The predicted octanol–water partition coefficient (Wildman–Crippen LogP) is 3.06. The van der Waals surface area contributed by atoms with Gasteiger partial charge in [0.05, 0.1) is 11.3 Å². The Morgan fingerprint density at radius 2 is 1.90 bits per heavy atom. The number of aliphatic hydroxyl groups is 1. The van der Waals surface area contributed by atoms with E-state index in [2.05, 4.69) is 20.8 Å². The molecule has 0 saturated carbocycles. The first-order chi connectivity index (χ1) is 13.7. The SMILES string of the molecule is CCc1nnnn1-c1cc(OC(=O)NCC(C)(C)O)cc(-c2ccc(C)cc2)c1. The molecule has 0 bridgehead atoms. The van der Waals surface area contributed by atoms with Gasteiger partial charge in [-0.2, -0.15) is 4.68 Å². The molecule has 8 heteroatoms. The molecule has 3 aromatic rings. The zero-order valence-corrected chi connectivity index (χ0v) is 17.0. The molecule has 1 heterocycles. The minimum Gasteiger partial charge on any atom is -0.410 e. The van der Waals surface area contributed by atoms with E-state index in [1.54, 1.807) is 30.7 Å². The normalized spacial score (nSPS) is 11.3. The monoisotopic (exact) mass is 395 g/mol. The summed E-state index contributed by atoms with van der Waals surface area (Å²) in [5.74, 6) is 1.05. The van der Waals surface area contributed by atoms with E-state index >= 15 is 0 Å². The third kappa shape index (κ3) is 5.39. The lowest BCUT2D eigenvalue weighted by Crippen LogP contribution is -2.39. The van der Waals surface area contributed by atoms with E-state index in [9.17, 15) is 9.90 Å². The third-order valence-corrected chi connectivity index (χ3v) is 4.25. The largest absolute Gasteiger partial charge is 0.412 e. The zero-order chi connectivity index (χ0) is 21.0. The van der Waals surface area contributed by atoms with Crippen LogP contribution in [0.3, 0.4) is 0 Å². The van der Waals surface area contributed by atoms with Gasteiger partial charge in [0.2, 0.25) is 0 Å². The minimum absolute atomic E-state index is 0.0727. The molecule has 0 spiro atoms. The van der Waals surface area contributed by atoms with Crippen LogP contribution in [0, 0.1) is 6.92 Å². The number of nitrogens with one attached hydrogen (secondary N) is 1. The van der Waals surface area contributed by atoms with Crippen LogP contribution >= 0.6 is 0 Å². The second kappa shape index (κ2) is 8.40. The lowest BCUT2D eigenvalue weighted by atomic mass is 10.0. The average Bonchev–Trinajstić information content (AvgIpc) is 3.15. The van der Waals surface area contributed by atoms with Crippen molar-refractivity contribution < 1.29 is 14.6 Å². The van der Waals surface area contributed by atoms with Crippen LogP contribution in [0.2, 0.25) is 0 Å². The predicted molar refractivity (Wildman–Crippen MR) is 109 cm³/mol. The molecule has 0 unspecified atom stereocenters. The number of aryl methyl sites for hydroxylation is 2. The van der Waals surface area contributed by atoms with Gasteiger partial charge in [-0.3, -0.25) is 0 Å². The molecule has 29 heavy (non-hydrogen) atoms. The van der Waals surface area contributed by atoms with Gasteiger partial charge in [0.15, 0.2) is 5.82 Å². The highest BCUT2D eigenvalue weighted by atomic mass is 16.6. The van der Waals surface area contributed by atoms with Gasteiger partial charge in [0.25, 0.3) is 0 Å². The molecule has 152 valence electrons. The molecular formula is C21H25N5O3. The van der Waals surface area contributed by atoms with Crippen molar-refractivity contribution in [1.29, 1.82) is 0 Å². The molecule has 3 rings (SSSR count). The quantitative estimate of drug-likeness (QED) is 0.665. The summed E-state index contributed by atoms with van der Waals surface area (Å²) in [6.07, 6.45) is 0.0101. The molecule has 2 N–H and O–H groups in total. The van der Waals surface area contributed by atoms with Gasteiger partial charge >= 0.3 is 6.09 Å². The Kier molecular flexibility index (Phi) is 5.93. The molecule has 8 nitrogen and oxygen atoms in total. The molecular weight excluding hydrogens is 370 g/mol. The van der Waals surface area contributed by atoms with E-state index in [1.165, 1.54) is 0 Å². The van der Waals surface area contributed by atoms with Gasteiger partial charge in [0.1, 0.15) is 5.75 Å². The Balaban J connectivity index is 1.96. The maximum absolute atomic E-state index is 12.2. The highest BCUT2D eigenvalue weighted by molar-refractivity contribution is 5.73. The second-order valence-electron chi connectivity index (χ2n) is 7.50. The Morgan fingerprint density at radius 1 is 1.17 bits per heavy atom. The molecule has 0 aliphatic carbocycles. The molecule has 1 aromatic heterocycles. The minimum atomic E-state index is -1.03. The Morgan fingerprint density at radius 3 is 2.55 bits per heavy atom. The fourth-order valence-electron chi connectivity index (χ4n) is 2.74. The molecule has 2 aromatic carbocycles. The molecule has 0 atom stereocenters. The molecule has 0 saturated heterocycles. The summed E-state index contributed by atoms with van der Waals surface area (Å²) in [6, 6.07) is 13.5. The standard InChI is InChI=1S/C21H25N5O3/c1-5-19-23-24-25-26(19)17-10-16(15-8-6-14(2)7-9-15)11-18(12-17)29-20(27)22-13-21(3,4)28/h6-12,28H,5,13H2,1-4H3,(H,22,27). The fourth-order valence-corrected chi connectivity index (χ4v) is 2.74. The number of hydrogen-bond donors (Lipinski definition) is 2. The first-order valence-corrected chi connectivity index (χ1v) is 9.43. The van der Waals surface area contributed by atoms with E-state index in [4.69, 9.17) is 4.74 Å². The van der Waals surface area contributed by atoms with Gasteiger partial charge in [-0.05, 0) is 54.5 Å². The third-order valence-electron chi connectivity index (χ3n) is 4.25. The zero-order valence-electron chi connectivity index (χ0n) is 17.0. The highest BCUT2D eigenvalue weighted by Crippen LogP contribution is 2.28. The van der Waals surface area contributed by atoms with Crippen LogP contribution in [-0.2, 0) is 6.42 Å². The molecule has 1 amide bonds. The van der Waals surface area contributed by atoms with Gasteiger partial charge in [-0.15, -0.1) is 5.10 Å². The highest BCUT2D eigenvalue weighted by Gasteiger charge is 2.16. The summed E-state index contributed by atoms with van der Waals surface area (Å²) in [6.45, 7) is 7.27. The Hall–Kier alpha value is -3.26. The number of tetrazole rings is 1. The van der Waals surface area contributed by atoms with Crippen molar-refractivity contribution in [3.05, 3.63) is 53.9 Å². The summed E-state index contributed by atoms with van der Waals surface area (Å²) in [7, 11) is 0. The van der Waals surface area contributed by atoms with Gasteiger partial charge in [-0.25, -0.2) is 4.79 Å². The van der Waals surface area contributed by atoms with E-state index in [0.717, 1.165) is 16.7 Å².